The molecule has 0 unspecified atom stereocenters. The minimum atomic E-state index is -1.48. The molecule has 0 saturated carbocycles. The first-order chi connectivity index (χ1) is 8.97. The van der Waals surface area contributed by atoms with Gasteiger partial charge in [0, 0.05) is 17.2 Å². The van der Waals surface area contributed by atoms with E-state index in [1.54, 1.807) is 6.07 Å². The minimum Gasteiger partial charge on any atom is -0.378 e. The summed E-state index contributed by atoms with van der Waals surface area (Å²) in [5.41, 5.74) is 0.758. The smallest absolute Gasteiger partial charge is 0.194 e. The van der Waals surface area contributed by atoms with Crippen LogP contribution in [-0.4, -0.2) is 4.98 Å². The molecule has 1 aromatic heterocycles. The molecule has 0 bridgehead atoms. The monoisotopic (exact) mass is 350 g/mol. The Labute approximate surface area is 120 Å². The van der Waals surface area contributed by atoms with Crippen molar-refractivity contribution in [3.8, 4) is 0 Å². The maximum Gasteiger partial charge on any atom is 0.194 e. The number of benzene rings is 1. The Bertz CT molecular complexity index is 599. The van der Waals surface area contributed by atoms with Crippen LogP contribution >= 0.6 is 27.5 Å². The molecule has 0 spiro atoms. The summed E-state index contributed by atoms with van der Waals surface area (Å²) in [5.74, 6) is -3.93. The van der Waals surface area contributed by atoms with Crippen molar-refractivity contribution in [2.45, 2.75) is 6.54 Å². The van der Waals surface area contributed by atoms with Crippen molar-refractivity contribution in [2.24, 2.45) is 0 Å². The Kier molecular flexibility index (Phi) is 4.31. The lowest BCUT2D eigenvalue weighted by Gasteiger charge is -2.09. The van der Waals surface area contributed by atoms with Crippen molar-refractivity contribution in [3.63, 3.8) is 0 Å². The molecule has 0 radical (unpaired) electrons. The van der Waals surface area contributed by atoms with Gasteiger partial charge >= 0.3 is 0 Å². The summed E-state index contributed by atoms with van der Waals surface area (Å²) >= 11 is 9.07. The highest BCUT2D eigenvalue weighted by molar-refractivity contribution is 9.10. The number of anilines is 1. The molecular formula is C12H7BrClF3N2. The third-order valence-corrected chi connectivity index (χ3v) is 3.07. The van der Waals surface area contributed by atoms with E-state index >= 15 is 0 Å². The highest BCUT2D eigenvalue weighted by Gasteiger charge is 2.10. The second-order valence-electron chi connectivity index (χ2n) is 3.72. The van der Waals surface area contributed by atoms with Crippen LogP contribution in [0.25, 0.3) is 0 Å². The predicted octanol–water partition coefficient (Wildman–Crippen LogP) is 4.53. The third kappa shape index (κ3) is 3.39. The zero-order chi connectivity index (χ0) is 14.0. The van der Waals surface area contributed by atoms with Gasteiger partial charge in [0.05, 0.1) is 5.69 Å². The summed E-state index contributed by atoms with van der Waals surface area (Å²) in [4.78, 5) is 3.89. The lowest BCUT2D eigenvalue weighted by atomic mass is 10.2. The van der Waals surface area contributed by atoms with Gasteiger partial charge in [0.15, 0.2) is 22.6 Å². The van der Waals surface area contributed by atoms with Crippen molar-refractivity contribution in [1.82, 2.24) is 4.98 Å². The Morgan fingerprint density at radius 2 is 1.79 bits per heavy atom. The fraction of sp³-hybridized carbons (Fsp3) is 0.0833. The topological polar surface area (TPSA) is 24.9 Å². The molecular weight excluding hydrogens is 344 g/mol. The fourth-order valence-corrected chi connectivity index (χ4v) is 1.96. The number of nitrogens with one attached hydrogen (secondary N) is 1. The van der Waals surface area contributed by atoms with Crippen molar-refractivity contribution in [1.29, 1.82) is 0 Å². The van der Waals surface area contributed by atoms with E-state index in [2.05, 4.69) is 26.2 Å². The molecule has 0 aliphatic heterocycles. The summed E-state index contributed by atoms with van der Waals surface area (Å²) in [7, 11) is 0. The maximum absolute atomic E-state index is 13.0. The number of halogens is 5. The molecule has 19 heavy (non-hydrogen) atoms. The first kappa shape index (κ1) is 14.1. The first-order valence-corrected chi connectivity index (χ1v) is 6.33. The SMILES string of the molecule is Fc1cc(CNc2cc(Br)cnc2Cl)cc(F)c1F. The molecule has 7 heteroatoms. The van der Waals surface area contributed by atoms with Gasteiger partial charge in [-0.2, -0.15) is 0 Å². The van der Waals surface area contributed by atoms with Gasteiger partial charge in [0.2, 0.25) is 0 Å². The zero-order valence-corrected chi connectivity index (χ0v) is 11.7. The van der Waals surface area contributed by atoms with Gasteiger partial charge in [0.1, 0.15) is 0 Å². The molecule has 1 N–H and O–H groups in total. The second-order valence-corrected chi connectivity index (χ2v) is 4.99. The lowest BCUT2D eigenvalue weighted by Crippen LogP contribution is -2.03. The first-order valence-electron chi connectivity index (χ1n) is 5.15. The van der Waals surface area contributed by atoms with Crippen LogP contribution in [0.4, 0.5) is 18.9 Å². The number of pyridine rings is 1. The third-order valence-electron chi connectivity index (χ3n) is 2.33. The number of hydrogen-bond donors (Lipinski definition) is 1. The van der Waals surface area contributed by atoms with Crippen LogP contribution in [0.15, 0.2) is 28.9 Å². The molecule has 2 rings (SSSR count). The van der Waals surface area contributed by atoms with Gasteiger partial charge in [-0.05, 0) is 39.7 Å². The molecule has 0 amide bonds. The van der Waals surface area contributed by atoms with E-state index in [1.807, 2.05) is 0 Å². The van der Waals surface area contributed by atoms with E-state index in [4.69, 9.17) is 11.6 Å². The summed E-state index contributed by atoms with van der Waals surface area (Å²) in [6, 6.07) is 3.51. The van der Waals surface area contributed by atoms with Crippen LogP contribution in [-0.2, 0) is 6.54 Å². The van der Waals surface area contributed by atoms with Gasteiger partial charge in [-0.1, -0.05) is 11.6 Å². The summed E-state index contributed by atoms with van der Waals surface area (Å²) in [5, 5.41) is 3.09. The normalized spacial score (nSPS) is 10.6. The Hall–Kier alpha value is -1.27. The van der Waals surface area contributed by atoms with Crippen LogP contribution in [0.1, 0.15) is 5.56 Å². The van der Waals surface area contributed by atoms with Crippen LogP contribution in [0.5, 0.6) is 0 Å². The molecule has 2 aromatic rings. The lowest BCUT2D eigenvalue weighted by molar-refractivity contribution is 0.445. The summed E-state index contributed by atoms with van der Waals surface area (Å²) in [6.07, 6.45) is 1.52. The molecule has 0 fully saturated rings. The molecule has 1 aromatic carbocycles. The average molecular weight is 352 g/mol. The highest BCUT2D eigenvalue weighted by atomic mass is 79.9. The predicted molar refractivity (Wildman–Crippen MR) is 70.6 cm³/mol. The van der Waals surface area contributed by atoms with E-state index in [9.17, 15) is 13.2 Å². The number of nitrogens with zero attached hydrogens (tertiary/aromatic N) is 1. The Morgan fingerprint density at radius 1 is 1.16 bits per heavy atom. The Morgan fingerprint density at radius 3 is 2.42 bits per heavy atom. The average Bonchev–Trinajstić information content (AvgIpc) is 2.37. The fourth-order valence-electron chi connectivity index (χ4n) is 1.45. The number of rotatable bonds is 3. The molecule has 2 nitrogen and oxygen atoms in total. The van der Waals surface area contributed by atoms with E-state index in [-0.39, 0.29) is 17.3 Å². The van der Waals surface area contributed by atoms with E-state index in [0.717, 1.165) is 12.1 Å². The standard InChI is InChI=1S/C12H7BrClF3N2/c13-7-3-10(12(14)19-5-7)18-4-6-1-8(15)11(17)9(16)2-6/h1-3,5,18H,4H2. The molecule has 0 aliphatic rings. The van der Waals surface area contributed by atoms with Crippen molar-refractivity contribution < 1.29 is 13.2 Å². The van der Waals surface area contributed by atoms with Crippen molar-refractivity contribution >= 4 is 33.2 Å². The van der Waals surface area contributed by atoms with Gasteiger partial charge in [-0.3, -0.25) is 0 Å². The van der Waals surface area contributed by atoms with Crippen LogP contribution in [0.3, 0.4) is 0 Å². The van der Waals surface area contributed by atoms with Gasteiger partial charge in [-0.25, -0.2) is 18.2 Å². The van der Waals surface area contributed by atoms with Crippen LogP contribution < -0.4 is 5.32 Å². The molecule has 0 aliphatic carbocycles. The number of hydrogen-bond acceptors (Lipinski definition) is 2. The van der Waals surface area contributed by atoms with Gasteiger partial charge in [0.25, 0.3) is 0 Å². The second kappa shape index (κ2) is 5.79. The summed E-state index contributed by atoms with van der Waals surface area (Å²) < 4.78 is 39.5. The van der Waals surface area contributed by atoms with Crippen LogP contribution in [0, 0.1) is 17.5 Å². The number of aromatic nitrogens is 1. The van der Waals surface area contributed by atoms with Crippen molar-refractivity contribution in [3.05, 3.63) is 57.0 Å². The largest absolute Gasteiger partial charge is 0.378 e. The molecule has 0 atom stereocenters. The van der Waals surface area contributed by atoms with E-state index in [1.165, 1.54) is 6.20 Å². The van der Waals surface area contributed by atoms with E-state index in [0.29, 0.717) is 10.2 Å². The molecule has 100 valence electrons. The quantitative estimate of drug-likeness (QED) is 0.649. The van der Waals surface area contributed by atoms with Gasteiger partial charge in [-0.15, -0.1) is 0 Å². The summed E-state index contributed by atoms with van der Waals surface area (Å²) in [6.45, 7) is 0.0893. The minimum absolute atomic E-state index is 0.0893. The maximum atomic E-state index is 13.0. The zero-order valence-electron chi connectivity index (χ0n) is 9.35. The van der Waals surface area contributed by atoms with Crippen molar-refractivity contribution in [2.75, 3.05) is 5.32 Å². The molecule has 1 heterocycles. The highest BCUT2D eigenvalue weighted by Crippen LogP contribution is 2.24. The van der Waals surface area contributed by atoms with Crippen LogP contribution in [0.2, 0.25) is 5.15 Å². The van der Waals surface area contributed by atoms with E-state index < -0.39 is 17.5 Å². The molecule has 0 saturated heterocycles. The Balaban J connectivity index is 2.17. The van der Waals surface area contributed by atoms with Gasteiger partial charge < -0.3 is 5.32 Å².